The molecular formula is C24H24N2O3. The zero-order chi connectivity index (χ0) is 20.1. The van der Waals surface area contributed by atoms with Gasteiger partial charge < -0.3 is 18.8 Å². The van der Waals surface area contributed by atoms with Crippen LogP contribution in [0.2, 0.25) is 0 Å². The topological polar surface area (TPSA) is 45.5 Å². The van der Waals surface area contributed by atoms with Crippen LogP contribution in [0.25, 0.3) is 11.0 Å². The summed E-state index contributed by atoms with van der Waals surface area (Å²) < 4.78 is 18.9. The molecule has 0 aliphatic rings. The number of imidazole rings is 1. The van der Waals surface area contributed by atoms with Gasteiger partial charge in [-0.15, -0.1) is 0 Å². The van der Waals surface area contributed by atoms with Gasteiger partial charge in [0, 0.05) is 6.42 Å². The third kappa shape index (κ3) is 4.19. The Hall–Kier alpha value is -3.47. The number of fused-ring (bicyclic) bond motifs is 1. The largest absolute Gasteiger partial charge is 0.497 e. The van der Waals surface area contributed by atoms with Crippen molar-refractivity contribution in [2.75, 3.05) is 20.8 Å². The van der Waals surface area contributed by atoms with E-state index in [1.54, 1.807) is 14.2 Å². The van der Waals surface area contributed by atoms with Gasteiger partial charge in [-0.2, -0.15) is 0 Å². The van der Waals surface area contributed by atoms with Crippen molar-refractivity contribution in [2.45, 2.75) is 13.0 Å². The lowest BCUT2D eigenvalue weighted by Gasteiger charge is -2.13. The summed E-state index contributed by atoms with van der Waals surface area (Å²) in [6, 6.07) is 24.0. The van der Waals surface area contributed by atoms with Crippen LogP contribution in [-0.2, 0) is 13.0 Å². The van der Waals surface area contributed by atoms with Crippen LogP contribution in [0.5, 0.6) is 17.2 Å². The van der Waals surface area contributed by atoms with E-state index >= 15 is 0 Å². The van der Waals surface area contributed by atoms with Crippen molar-refractivity contribution in [1.82, 2.24) is 9.55 Å². The molecule has 0 aliphatic carbocycles. The lowest BCUT2D eigenvalue weighted by atomic mass is 10.1. The van der Waals surface area contributed by atoms with E-state index in [0.717, 1.165) is 40.5 Å². The Balaban J connectivity index is 1.56. The van der Waals surface area contributed by atoms with E-state index in [2.05, 4.69) is 22.8 Å². The smallest absolute Gasteiger partial charge is 0.161 e. The number of benzene rings is 3. The van der Waals surface area contributed by atoms with E-state index < -0.39 is 0 Å². The van der Waals surface area contributed by atoms with Crippen LogP contribution in [0, 0.1) is 0 Å². The minimum atomic E-state index is 0.524. The van der Waals surface area contributed by atoms with Gasteiger partial charge in [0.1, 0.15) is 18.2 Å². The first kappa shape index (κ1) is 18.9. The Morgan fingerprint density at radius 2 is 1.52 bits per heavy atom. The molecule has 3 aromatic carbocycles. The van der Waals surface area contributed by atoms with Crippen molar-refractivity contribution in [1.29, 1.82) is 0 Å². The second-order valence-corrected chi connectivity index (χ2v) is 6.69. The molecule has 0 unspecified atom stereocenters. The first-order chi connectivity index (χ1) is 14.3. The van der Waals surface area contributed by atoms with Crippen molar-refractivity contribution in [3.8, 4) is 17.2 Å². The van der Waals surface area contributed by atoms with Gasteiger partial charge in [-0.1, -0.05) is 36.4 Å². The summed E-state index contributed by atoms with van der Waals surface area (Å²) >= 11 is 0. The predicted octanol–water partition coefficient (Wildman–Crippen LogP) is 4.72. The van der Waals surface area contributed by atoms with Gasteiger partial charge in [-0.3, -0.25) is 0 Å². The van der Waals surface area contributed by atoms with Gasteiger partial charge in [-0.05, 0) is 42.0 Å². The molecule has 0 bridgehead atoms. The highest BCUT2D eigenvalue weighted by Gasteiger charge is 2.12. The minimum absolute atomic E-state index is 0.524. The van der Waals surface area contributed by atoms with Crippen LogP contribution in [0.15, 0.2) is 72.8 Å². The minimum Gasteiger partial charge on any atom is -0.497 e. The summed E-state index contributed by atoms with van der Waals surface area (Å²) in [5.74, 6) is 3.35. The summed E-state index contributed by atoms with van der Waals surface area (Å²) in [6.07, 6.45) is 0.743. The number of rotatable bonds is 8. The van der Waals surface area contributed by atoms with Crippen LogP contribution in [-0.4, -0.2) is 30.4 Å². The molecule has 5 nitrogen and oxygen atoms in total. The molecular weight excluding hydrogens is 364 g/mol. The first-order valence-electron chi connectivity index (χ1n) is 9.61. The fraction of sp³-hybridized carbons (Fsp3) is 0.208. The van der Waals surface area contributed by atoms with Crippen LogP contribution in [0.1, 0.15) is 11.4 Å². The van der Waals surface area contributed by atoms with Gasteiger partial charge in [0.15, 0.2) is 11.5 Å². The van der Waals surface area contributed by atoms with Crippen molar-refractivity contribution < 1.29 is 14.2 Å². The Labute approximate surface area is 170 Å². The van der Waals surface area contributed by atoms with E-state index in [-0.39, 0.29) is 0 Å². The SMILES string of the molecule is COc1ccc(Cc2nc3ccccc3n2CCOc2ccccc2OC)cc1. The fourth-order valence-corrected chi connectivity index (χ4v) is 3.42. The highest BCUT2D eigenvalue weighted by molar-refractivity contribution is 5.76. The number of hydrogen-bond acceptors (Lipinski definition) is 4. The Kier molecular flexibility index (Phi) is 5.66. The number of ether oxygens (including phenoxy) is 3. The number of para-hydroxylation sites is 4. The van der Waals surface area contributed by atoms with Gasteiger partial charge in [0.25, 0.3) is 0 Å². The predicted molar refractivity (Wildman–Crippen MR) is 114 cm³/mol. The Morgan fingerprint density at radius 3 is 2.28 bits per heavy atom. The maximum absolute atomic E-state index is 6.00. The molecule has 0 atom stereocenters. The normalized spacial score (nSPS) is 10.8. The molecule has 148 valence electrons. The van der Waals surface area contributed by atoms with Crippen molar-refractivity contribution >= 4 is 11.0 Å². The molecule has 1 aromatic heterocycles. The van der Waals surface area contributed by atoms with E-state index in [1.165, 1.54) is 5.56 Å². The maximum Gasteiger partial charge on any atom is 0.161 e. The zero-order valence-electron chi connectivity index (χ0n) is 16.7. The number of nitrogens with zero attached hydrogens (tertiary/aromatic N) is 2. The van der Waals surface area contributed by atoms with E-state index in [4.69, 9.17) is 19.2 Å². The molecule has 29 heavy (non-hydrogen) atoms. The van der Waals surface area contributed by atoms with Gasteiger partial charge in [0.05, 0.1) is 31.8 Å². The van der Waals surface area contributed by atoms with Crippen molar-refractivity contribution in [2.24, 2.45) is 0 Å². The average molecular weight is 388 g/mol. The summed E-state index contributed by atoms with van der Waals surface area (Å²) in [4.78, 5) is 4.86. The lowest BCUT2D eigenvalue weighted by molar-refractivity contribution is 0.280. The monoisotopic (exact) mass is 388 g/mol. The third-order valence-electron chi connectivity index (χ3n) is 4.90. The van der Waals surface area contributed by atoms with E-state index in [9.17, 15) is 0 Å². The number of methoxy groups -OCH3 is 2. The van der Waals surface area contributed by atoms with Crippen LogP contribution < -0.4 is 14.2 Å². The quantitative estimate of drug-likeness (QED) is 0.438. The van der Waals surface area contributed by atoms with Gasteiger partial charge >= 0.3 is 0 Å². The molecule has 0 amide bonds. The number of aromatic nitrogens is 2. The molecule has 4 rings (SSSR count). The Bertz CT molecular complexity index is 1090. The van der Waals surface area contributed by atoms with E-state index in [0.29, 0.717) is 13.2 Å². The summed E-state index contributed by atoms with van der Waals surface area (Å²) in [5.41, 5.74) is 3.29. The maximum atomic E-state index is 6.00. The van der Waals surface area contributed by atoms with Crippen molar-refractivity contribution in [3.63, 3.8) is 0 Å². The Morgan fingerprint density at radius 1 is 0.793 bits per heavy atom. The second kappa shape index (κ2) is 8.69. The van der Waals surface area contributed by atoms with Crippen LogP contribution >= 0.6 is 0 Å². The number of hydrogen-bond donors (Lipinski definition) is 0. The van der Waals surface area contributed by atoms with Crippen LogP contribution in [0.3, 0.4) is 0 Å². The van der Waals surface area contributed by atoms with E-state index in [1.807, 2.05) is 54.6 Å². The average Bonchev–Trinajstić information content (AvgIpc) is 3.11. The van der Waals surface area contributed by atoms with Gasteiger partial charge in [-0.25, -0.2) is 4.98 Å². The van der Waals surface area contributed by atoms with Crippen LogP contribution in [0.4, 0.5) is 0 Å². The molecule has 5 heteroatoms. The molecule has 0 fully saturated rings. The van der Waals surface area contributed by atoms with Crippen molar-refractivity contribution in [3.05, 3.63) is 84.2 Å². The molecule has 0 spiro atoms. The zero-order valence-corrected chi connectivity index (χ0v) is 16.7. The first-order valence-corrected chi connectivity index (χ1v) is 9.61. The highest BCUT2D eigenvalue weighted by atomic mass is 16.5. The molecule has 0 aliphatic heterocycles. The summed E-state index contributed by atoms with van der Waals surface area (Å²) in [7, 11) is 3.33. The molecule has 0 N–H and O–H groups in total. The molecule has 0 radical (unpaired) electrons. The molecule has 1 heterocycles. The summed E-state index contributed by atoms with van der Waals surface area (Å²) in [6.45, 7) is 1.22. The second-order valence-electron chi connectivity index (χ2n) is 6.69. The fourth-order valence-electron chi connectivity index (χ4n) is 3.42. The third-order valence-corrected chi connectivity index (χ3v) is 4.90. The molecule has 0 saturated carbocycles. The molecule has 0 saturated heterocycles. The molecule has 4 aromatic rings. The highest BCUT2D eigenvalue weighted by Crippen LogP contribution is 2.26. The van der Waals surface area contributed by atoms with Gasteiger partial charge in [0.2, 0.25) is 0 Å². The summed E-state index contributed by atoms with van der Waals surface area (Å²) in [5, 5.41) is 0. The lowest BCUT2D eigenvalue weighted by Crippen LogP contribution is -2.12. The standard InChI is InChI=1S/C24H24N2O3/c1-27-19-13-11-18(12-14-19)17-24-25-20-7-3-4-8-21(20)26(24)15-16-29-23-10-6-5-9-22(23)28-2/h3-14H,15-17H2,1-2H3.